The quantitative estimate of drug-likeness (QED) is 0.397. The van der Waals surface area contributed by atoms with Crippen LogP contribution in [0.25, 0.3) is 11.2 Å². The molecule has 202 valence electrons. The first-order valence-corrected chi connectivity index (χ1v) is 19.3. The molecule has 2 aliphatic rings. The second-order valence-electron chi connectivity index (χ2n) is 13.6. The van der Waals surface area contributed by atoms with Crippen molar-refractivity contribution in [3.63, 3.8) is 0 Å². The zero-order chi connectivity index (χ0) is 26.5. The number of hydrogen-bond donors (Lipinski definition) is 0. The summed E-state index contributed by atoms with van der Waals surface area (Å²) in [6.07, 6.45) is 6.31. The summed E-state index contributed by atoms with van der Waals surface area (Å²) < 4.78 is 22.4. The molecule has 0 amide bonds. The molecule has 10 heteroatoms. The highest BCUT2D eigenvalue weighted by Gasteiger charge is 2.47. The van der Waals surface area contributed by atoms with Crippen molar-refractivity contribution in [3.05, 3.63) is 12.7 Å². The molecule has 4 rings (SSSR count). The molecular formula is C26H47N5O3Si2. The van der Waals surface area contributed by atoms with Crippen LogP contribution in [0.4, 0.5) is 5.82 Å². The molecule has 3 atom stereocenters. The molecule has 2 fully saturated rings. The van der Waals surface area contributed by atoms with Gasteiger partial charge in [-0.1, -0.05) is 41.5 Å². The van der Waals surface area contributed by atoms with Gasteiger partial charge >= 0.3 is 0 Å². The van der Waals surface area contributed by atoms with Crippen LogP contribution in [0.3, 0.4) is 0 Å². The number of aromatic nitrogens is 4. The standard InChI is InChI=1S/C26H47N5O3Si2/c1-25(2,3)35(7,8)32-16-20-19(34-36(9,10)26(4,5)6)15-21(33-20)31-18-29-22-23(27-17-28-24(22)31)30-13-11-12-14-30/h17-21H,11-16H2,1-10H3/t19-,20+,21+/m0/s1. The summed E-state index contributed by atoms with van der Waals surface area (Å²) in [6.45, 7) is 25.5. The highest BCUT2D eigenvalue weighted by molar-refractivity contribution is 6.74. The van der Waals surface area contributed by atoms with Gasteiger partial charge in [0, 0.05) is 19.5 Å². The van der Waals surface area contributed by atoms with Gasteiger partial charge in [0.05, 0.1) is 19.0 Å². The van der Waals surface area contributed by atoms with Crippen molar-refractivity contribution >= 4 is 33.6 Å². The molecule has 0 saturated carbocycles. The minimum absolute atomic E-state index is 0.0296. The number of ether oxygens (including phenoxy) is 1. The molecule has 8 nitrogen and oxygen atoms in total. The molecular weight excluding hydrogens is 486 g/mol. The van der Waals surface area contributed by atoms with Gasteiger partial charge in [-0.3, -0.25) is 4.57 Å². The summed E-state index contributed by atoms with van der Waals surface area (Å²) >= 11 is 0. The number of rotatable bonds is 7. The molecule has 2 aliphatic heterocycles. The van der Waals surface area contributed by atoms with Gasteiger partial charge in [-0.25, -0.2) is 15.0 Å². The maximum Gasteiger partial charge on any atom is 0.192 e. The molecule has 0 aliphatic carbocycles. The van der Waals surface area contributed by atoms with E-state index in [2.05, 4.69) is 87.2 Å². The molecule has 4 heterocycles. The summed E-state index contributed by atoms with van der Waals surface area (Å²) in [5.41, 5.74) is 1.68. The van der Waals surface area contributed by atoms with Gasteiger partial charge in [-0.05, 0) is 49.1 Å². The third-order valence-electron chi connectivity index (χ3n) is 8.90. The Morgan fingerprint density at radius 3 is 2.19 bits per heavy atom. The molecule has 0 bridgehead atoms. The van der Waals surface area contributed by atoms with Gasteiger partial charge < -0.3 is 18.5 Å². The van der Waals surface area contributed by atoms with Crippen LogP contribution in [0.5, 0.6) is 0 Å². The lowest BCUT2D eigenvalue weighted by Crippen LogP contribution is -2.48. The Kier molecular flexibility index (Phi) is 7.51. The van der Waals surface area contributed by atoms with Gasteiger partial charge in [0.15, 0.2) is 33.6 Å². The summed E-state index contributed by atoms with van der Waals surface area (Å²) in [7, 11) is -3.92. The van der Waals surface area contributed by atoms with Crippen molar-refractivity contribution in [2.24, 2.45) is 0 Å². The van der Waals surface area contributed by atoms with E-state index < -0.39 is 16.6 Å². The Labute approximate surface area is 219 Å². The number of nitrogens with zero attached hydrogens (tertiary/aromatic N) is 5. The van der Waals surface area contributed by atoms with Crippen LogP contribution >= 0.6 is 0 Å². The van der Waals surface area contributed by atoms with Crippen LogP contribution in [-0.2, 0) is 13.6 Å². The van der Waals surface area contributed by atoms with E-state index in [4.69, 9.17) is 18.6 Å². The van der Waals surface area contributed by atoms with Gasteiger partial charge in [-0.2, -0.15) is 0 Å². The lowest BCUT2D eigenvalue weighted by molar-refractivity contribution is -0.0383. The van der Waals surface area contributed by atoms with Crippen molar-refractivity contribution < 1.29 is 13.6 Å². The van der Waals surface area contributed by atoms with E-state index in [1.807, 2.05) is 6.33 Å². The second-order valence-corrected chi connectivity index (χ2v) is 23.1. The van der Waals surface area contributed by atoms with Crippen molar-refractivity contribution in [2.45, 2.75) is 116 Å². The maximum atomic E-state index is 6.95. The Balaban J connectivity index is 1.60. The van der Waals surface area contributed by atoms with E-state index in [0.717, 1.165) is 36.5 Å². The Morgan fingerprint density at radius 2 is 1.58 bits per heavy atom. The molecule has 0 spiro atoms. The molecule has 2 saturated heterocycles. The monoisotopic (exact) mass is 533 g/mol. The van der Waals surface area contributed by atoms with Crippen LogP contribution in [0.2, 0.25) is 36.3 Å². The topological polar surface area (TPSA) is 74.5 Å². The number of hydrogen-bond acceptors (Lipinski definition) is 7. The van der Waals surface area contributed by atoms with E-state index >= 15 is 0 Å². The third-order valence-corrected chi connectivity index (χ3v) is 17.9. The van der Waals surface area contributed by atoms with E-state index in [-0.39, 0.29) is 28.5 Å². The molecule has 0 aromatic carbocycles. The van der Waals surface area contributed by atoms with Crippen molar-refractivity contribution in [1.82, 2.24) is 19.5 Å². The molecule has 36 heavy (non-hydrogen) atoms. The molecule has 2 aromatic heterocycles. The lowest BCUT2D eigenvalue weighted by Gasteiger charge is -2.40. The number of fused-ring (bicyclic) bond motifs is 1. The highest BCUT2D eigenvalue weighted by Crippen LogP contribution is 2.43. The molecule has 2 aromatic rings. The van der Waals surface area contributed by atoms with Crippen LogP contribution in [-0.4, -0.2) is 68.1 Å². The van der Waals surface area contributed by atoms with Crippen molar-refractivity contribution in [1.29, 1.82) is 0 Å². The summed E-state index contributed by atoms with van der Waals surface area (Å²) in [5.74, 6) is 0.932. The Morgan fingerprint density at radius 1 is 0.944 bits per heavy atom. The lowest BCUT2D eigenvalue weighted by atomic mass is 10.2. The second kappa shape index (κ2) is 9.76. The highest BCUT2D eigenvalue weighted by atomic mass is 28.4. The van der Waals surface area contributed by atoms with Crippen LogP contribution in [0.15, 0.2) is 12.7 Å². The SMILES string of the molecule is CC(C)(C)[Si](C)(C)OC[C@H]1O[C@@H](n2cnc3c(N4CCCC4)ncnc32)C[C@@H]1O[Si](C)(C)C(C)(C)C. The van der Waals surface area contributed by atoms with Crippen LogP contribution < -0.4 is 4.90 Å². The minimum atomic E-state index is -2.00. The summed E-state index contributed by atoms with van der Waals surface area (Å²) in [6, 6.07) is 0. The fourth-order valence-corrected chi connectivity index (χ4v) is 6.79. The zero-order valence-electron chi connectivity index (χ0n) is 24.1. The normalized spacial score (nSPS) is 24.3. The zero-order valence-corrected chi connectivity index (χ0v) is 26.1. The van der Waals surface area contributed by atoms with E-state index in [0.29, 0.717) is 6.61 Å². The Hall–Kier alpha value is -1.34. The molecule has 0 N–H and O–H groups in total. The molecule has 0 radical (unpaired) electrons. The van der Waals surface area contributed by atoms with Gasteiger partial charge in [-0.15, -0.1) is 0 Å². The maximum absolute atomic E-state index is 6.95. The van der Waals surface area contributed by atoms with Gasteiger partial charge in [0.1, 0.15) is 18.7 Å². The first kappa shape index (κ1) is 27.7. The predicted molar refractivity (Wildman–Crippen MR) is 151 cm³/mol. The van der Waals surface area contributed by atoms with E-state index in [1.54, 1.807) is 6.33 Å². The number of anilines is 1. The average Bonchev–Trinajstić information content (AvgIpc) is 3.50. The van der Waals surface area contributed by atoms with Crippen molar-refractivity contribution in [3.8, 4) is 0 Å². The fourth-order valence-electron chi connectivity index (χ4n) is 4.42. The first-order valence-electron chi connectivity index (χ1n) is 13.5. The predicted octanol–water partition coefficient (Wildman–Crippen LogP) is 6.13. The minimum Gasteiger partial charge on any atom is -0.414 e. The smallest absolute Gasteiger partial charge is 0.192 e. The summed E-state index contributed by atoms with van der Waals surface area (Å²) in [5, 5.41) is 0.264. The van der Waals surface area contributed by atoms with Gasteiger partial charge in [0.2, 0.25) is 0 Å². The van der Waals surface area contributed by atoms with Crippen LogP contribution in [0.1, 0.15) is 67.0 Å². The number of imidazole rings is 1. The van der Waals surface area contributed by atoms with Crippen LogP contribution in [0, 0.1) is 0 Å². The van der Waals surface area contributed by atoms with E-state index in [9.17, 15) is 0 Å². The molecule has 0 unspecified atom stereocenters. The average molecular weight is 534 g/mol. The largest absolute Gasteiger partial charge is 0.414 e. The first-order chi connectivity index (χ1) is 16.6. The van der Waals surface area contributed by atoms with Crippen molar-refractivity contribution in [2.75, 3.05) is 24.6 Å². The fraction of sp³-hybridized carbons (Fsp3) is 0.808. The van der Waals surface area contributed by atoms with Gasteiger partial charge in [0.25, 0.3) is 0 Å². The Bertz CT molecular complexity index is 1050. The van der Waals surface area contributed by atoms with E-state index in [1.165, 1.54) is 12.8 Å². The third kappa shape index (κ3) is 5.43. The summed E-state index contributed by atoms with van der Waals surface area (Å²) in [4.78, 5) is 16.3.